The summed E-state index contributed by atoms with van der Waals surface area (Å²) in [6.07, 6.45) is 3.25. The van der Waals surface area contributed by atoms with E-state index in [0.717, 1.165) is 18.5 Å². The molecule has 0 radical (unpaired) electrons. The van der Waals surface area contributed by atoms with Crippen molar-refractivity contribution in [2.75, 3.05) is 6.54 Å². The highest BCUT2D eigenvalue weighted by Crippen LogP contribution is 2.37. The SMILES string of the molecule is CC(C)(C)NCC1CCC1Cc1cccc(Cl)c1F. The lowest BCUT2D eigenvalue weighted by Gasteiger charge is -2.39. The van der Waals surface area contributed by atoms with Crippen molar-refractivity contribution in [3.05, 3.63) is 34.6 Å². The molecule has 0 aliphatic heterocycles. The molecule has 1 aliphatic carbocycles. The van der Waals surface area contributed by atoms with Crippen LogP contribution < -0.4 is 5.32 Å². The molecule has 19 heavy (non-hydrogen) atoms. The zero-order valence-corrected chi connectivity index (χ0v) is 12.7. The molecule has 0 aromatic heterocycles. The Kier molecular flexibility index (Phi) is 4.52. The number of hydrogen-bond donors (Lipinski definition) is 1. The molecule has 0 amide bonds. The predicted octanol–water partition coefficient (Wildman–Crippen LogP) is 4.44. The molecule has 1 aromatic rings. The molecule has 2 rings (SSSR count). The number of hydrogen-bond acceptors (Lipinski definition) is 1. The van der Waals surface area contributed by atoms with Crippen LogP contribution in [0, 0.1) is 17.7 Å². The Morgan fingerprint density at radius 1 is 1.26 bits per heavy atom. The van der Waals surface area contributed by atoms with E-state index in [0.29, 0.717) is 11.8 Å². The van der Waals surface area contributed by atoms with Crippen LogP contribution in [0.5, 0.6) is 0 Å². The first kappa shape index (κ1) is 14.8. The molecule has 0 saturated heterocycles. The third-order valence-corrected chi connectivity index (χ3v) is 4.28. The van der Waals surface area contributed by atoms with E-state index in [4.69, 9.17) is 11.6 Å². The van der Waals surface area contributed by atoms with Gasteiger partial charge in [-0.1, -0.05) is 23.7 Å². The van der Waals surface area contributed by atoms with Crippen LogP contribution in [-0.2, 0) is 6.42 Å². The minimum absolute atomic E-state index is 0.154. The summed E-state index contributed by atoms with van der Waals surface area (Å²) in [4.78, 5) is 0. The van der Waals surface area contributed by atoms with Crippen LogP contribution in [0.15, 0.2) is 18.2 Å². The summed E-state index contributed by atoms with van der Waals surface area (Å²) < 4.78 is 13.9. The van der Waals surface area contributed by atoms with E-state index in [1.165, 1.54) is 12.8 Å². The van der Waals surface area contributed by atoms with E-state index in [9.17, 15) is 4.39 Å². The largest absolute Gasteiger partial charge is 0.312 e. The summed E-state index contributed by atoms with van der Waals surface area (Å²) in [5.74, 6) is 1.01. The standard InChI is InChI=1S/C16H23ClFN/c1-16(2,3)19-10-13-8-7-11(13)9-12-5-4-6-14(17)15(12)18/h4-6,11,13,19H,7-10H2,1-3H3. The molecule has 3 heteroatoms. The zero-order chi connectivity index (χ0) is 14.0. The number of benzene rings is 1. The van der Waals surface area contributed by atoms with Gasteiger partial charge in [0.15, 0.2) is 0 Å². The predicted molar refractivity (Wildman–Crippen MR) is 79.1 cm³/mol. The van der Waals surface area contributed by atoms with Gasteiger partial charge in [-0.2, -0.15) is 0 Å². The van der Waals surface area contributed by atoms with Gasteiger partial charge in [0, 0.05) is 5.54 Å². The third-order valence-electron chi connectivity index (χ3n) is 3.98. The van der Waals surface area contributed by atoms with Crippen molar-refractivity contribution < 1.29 is 4.39 Å². The van der Waals surface area contributed by atoms with Crippen LogP contribution in [0.3, 0.4) is 0 Å². The maximum atomic E-state index is 13.9. The van der Waals surface area contributed by atoms with E-state index < -0.39 is 0 Å². The molecule has 1 aliphatic rings. The second-order valence-electron chi connectivity index (χ2n) is 6.65. The molecular formula is C16H23ClFN. The molecule has 0 spiro atoms. The quantitative estimate of drug-likeness (QED) is 0.862. The van der Waals surface area contributed by atoms with Gasteiger partial charge in [-0.25, -0.2) is 4.39 Å². The Morgan fingerprint density at radius 3 is 2.53 bits per heavy atom. The first-order valence-corrected chi connectivity index (χ1v) is 7.42. The molecule has 106 valence electrons. The number of rotatable bonds is 4. The maximum Gasteiger partial charge on any atom is 0.144 e. The van der Waals surface area contributed by atoms with Gasteiger partial charge >= 0.3 is 0 Å². The van der Waals surface area contributed by atoms with E-state index >= 15 is 0 Å². The normalized spacial score (nSPS) is 23.2. The zero-order valence-electron chi connectivity index (χ0n) is 12.0. The summed E-state index contributed by atoms with van der Waals surface area (Å²) in [7, 11) is 0. The fourth-order valence-electron chi connectivity index (χ4n) is 2.60. The van der Waals surface area contributed by atoms with Crippen molar-refractivity contribution in [1.82, 2.24) is 5.32 Å². The Balaban J connectivity index is 1.91. The molecule has 0 heterocycles. The van der Waals surface area contributed by atoms with Gasteiger partial charge in [0.05, 0.1) is 5.02 Å². The minimum Gasteiger partial charge on any atom is -0.312 e. The van der Waals surface area contributed by atoms with Crippen molar-refractivity contribution in [1.29, 1.82) is 0 Å². The summed E-state index contributed by atoms with van der Waals surface area (Å²) in [5, 5.41) is 3.78. The van der Waals surface area contributed by atoms with E-state index in [-0.39, 0.29) is 16.4 Å². The molecule has 1 fully saturated rings. The van der Waals surface area contributed by atoms with Gasteiger partial charge < -0.3 is 5.32 Å². The highest BCUT2D eigenvalue weighted by atomic mass is 35.5. The second-order valence-corrected chi connectivity index (χ2v) is 7.05. The number of halogens is 2. The lowest BCUT2D eigenvalue weighted by molar-refractivity contribution is 0.158. The van der Waals surface area contributed by atoms with Gasteiger partial charge in [-0.05, 0) is 70.0 Å². The minimum atomic E-state index is -0.237. The first-order chi connectivity index (χ1) is 8.87. The van der Waals surface area contributed by atoms with E-state index in [2.05, 4.69) is 26.1 Å². The Bertz CT molecular complexity index is 439. The van der Waals surface area contributed by atoms with Crippen LogP contribution in [-0.4, -0.2) is 12.1 Å². The smallest absolute Gasteiger partial charge is 0.144 e. The molecule has 2 atom stereocenters. The number of nitrogens with one attached hydrogen (secondary N) is 1. The van der Waals surface area contributed by atoms with Gasteiger partial charge in [0.25, 0.3) is 0 Å². The van der Waals surface area contributed by atoms with Crippen molar-refractivity contribution in [3.8, 4) is 0 Å². The van der Waals surface area contributed by atoms with Crippen LogP contribution in [0.25, 0.3) is 0 Å². The van der Waals surface area contributed by atoms with Crippen molar-refractivity contribution in [2.45, 2.75) is 45.6 Å². The fourth-order valence-corrected chi connectivity index (χ4v) is 2.80. The fraction of sp³-hybridized carbons (Fsp3) is 0.625. The monoisotopic (exact) mass is 283 g/mol. The molecule has 2 unspecified atom stereocenters. The Hall–Kier alpha value is -0.600. The van der Waals surface area contributed by atoms with Crippen molar-refractivity contribution in [3.63, 3.8) is 0 Å². The van der Waals surface area contributed by atoms with Crippen LogP contribution in [0.4, 0.5) is 4.39 Å². The second kappa shape index (κ2) is 5.80. The highest BCUT2D eigenvalue weighted by molar-refractivity contribution is 6.30. The van der Waals surface area contributed by atoms with Gasteiger partial charge in [-0.3, -0.25) is 0 Å². The molecule has 1 nitrogen and oxygen atoms in total. The molecule has 1 saturated carbocycles. The van der Waals surface area contributed by atoms with E-state index in [1.54, 1.807) is 6.07 Å². The highest BCUT2D eigenvalue weighted by Gasteiger charge is 2.32. The third kappa shape index (κ3) is 3.93. The summed E-state index contributed by atoms with van der Waals surface area (Å²) in [6, 6.07) is 5.30. The Labute approximate surface area is 120 Å². The molecular weight excluding hydrogens is 261 g/mol. The first-order valence-electron chi connectivity index (χ1n) is 7.05. The van der Waals surface area contributed by atoms with Crippen LogP contribution >= 0.6 is 11.6 Å². The average molecular weight is 284 g/mol. The van der Waals surface area contributed by atoms with E-state index in [1.807, 2.05) is 12.1 Å². The lowest BCUT2D eigenvalue weighted by Crippen LogP contribution is -2.44. The summed E-state index contributed by atoms with van der Waals surface area (Å²) in [6.45, 7) is 7.56. The van der Waals surface area contributed by atoms with Crippen LogP contribution in [0.1, 0.15) is 39.2 Å². The summed E-state index contributed by atoms with van der Waals surface area (Å²) in [5.41, 5.74) is 0.916. The van der Waals surface area contributed by atoms with Crippen molar-refractivity contribution in [2.24, 2.45) is 11.8 Å². The van der Waals surface area contributed by atoms with Crippen molar-refractivity contribution >= 4 is 11.6 Å². The maximum absolute atomic E-state index is 13.9. The molecule has 1 N–H and O–H groups in total. The topological polar surface area (TPSA) is 12.0 Å². The average Bonchev–Trinajstić information content (AvgIpc) is 2.28. The molecule has 1 aromatic carbocycles. The van der Waals surface area contributed by atoms with Gasteiger partial charge in [0.1, 0.15) is 5.82 Å². The lowest BCUT2D eigenvalue weighted by atomic mass is 9.70. The Morgan fingerprint density at radius 2 is 1.95 bits per heavy atom. The van der Waals surface area contributed by atoms with Crippen LogP contribution in [0.2, 0.25) is 5.02 Å². The van der Waals surface area contributed by atoms with Gasteiger partial charge in [0.2, 0.25) is 0 Å². The summed E-state index contributed by atoms with van der Waals surface area (Å²) >= 11 is 5.83. The molecule has 0 bridgehead atoms. The van der Waals surface area contributed by atoms with Gasteiger partial charge in [-0.15, -0.1) is 0 Å².